The van der Waals surface area contributed by atoms with Crippen LogP contribution in [0.15, 0.2) is 12.2 Å². The van der Waals surface area contributed by atoms with Crippen molar-refractivity contribution in [1.82, 2.24) is 0 Å². The molecule has 0 bridgehead atoms. The molecule has 5 nitrogen and oxygen atoms in total. The Morgan fingerprint density at radius 2 is 1.70 bits per heavy atom. The van der Waals surface area contributed by atoms with Gasteiger partial charge in [-0.15, -0.1) is 0 Å². The Balaban J connectivity index is 1.51. The molecule has 0 aromatic rings. The molecule has 5 fully saturated rings. The summed E-state index contributed by atoms with van der Waals surface area (Å²) in [4.78, 5) is 11.8. The standard InChI is InChI=1S/C32H51NO4/c1-20(17-34)22-9-14-32(18-35)16-15-30(5)23(27(22)32)7-8-25-28(3)12-11-26(33)29(4,19-37-21(2)36)24(28)10-13-31(25,30)6/h22-25,27,33-35H,1,7-19H2,2-6H3/t22-,23+,24+,25+,27+,28-,29?,30+,31+,32+/m0/s1. The third-order valence-corrected chi connectivity index (χ3v) is 13.9. The molecule has 1 unspecified atom stereocenters. The number of hydrogen-bond acceptors (Lipinski definition) is 5. The summed E-state index contributed by atoms with van der Waals surface area (Å²) in [7, 11) is 0. The van der Waals surface area contributed by atoms with E-state index in [4.69, 9.17) is 10.1 Å². The van der Waals surface area contributed by atoms with Crippen LogP contribution in [0.4, 0.5) is 0 Å². The predicted molar refractivity (Wildman–Crippen MR) is 146 cm³/mol. The largest absolute Gasteiger partial charge is 0.465 e. The number of ether oxygens (including phenoxy) is 1. The quantitative estimate of drug-likeness (QED) is 0.303. The highest BCUT2D eigenvalue weighted by Gasteiger charge is 2.71. The van der Waals surface area contributed by atoms with Gasteiger partial charge < -0.3 is 20.4 Å². The minimum atomic E-state index is -0.383. The fourth-order valence-corrected chi connectivity index (χ4v) is 11.7. The molecule has 5 saturated carbocycles. The molecular formula is C32H51NO4. The molecule has 5 aliphatic rings. The van der Waals surface area contributed by atoms with Gasteiger partial charge in [-0.05, 0) is 121 Å². The molecule has 0 radical (unpaired) electrons. The highest BCUT2D eigenvalue weighted by Crippen LogP contribution is 2.77. The number of rotatable bonds is 5. The summed E-state index contributed by atoms with van der Waals surface area (Å²) in [6.07, 6.45) is 10.8. The van der Waals surface area contributed by atoms with Crippen LogP contribution in [-0.2, 0) is 9.53 Å². The molecule has 0 spiro atoms. The summed E-state index contributed by atoms with van der Waals surface area (Å²) in [5.74, 6) is 1.95. The summed E-state index contributed by atoms with van der Waals surface area (Å²) in [6.45, 7) is 16.3. The molecule has 0 amide bonds. The first-order valence-electron chi connectivity index (χ1n) is 14.9. The third-order valence-electron chi connectivity index (χ3n) is 13.9. The number of aliphatic hydroxyl groups excluding tert-OH is 2. The number of esters is 1. The third kappa shape index (κ3) is 3.54. The average molecular weight is 514 g/mol. The van der Waals surface area contributed by atoms with E-state index in [1.165, 1.54) is 26.2 Å². The number of carbonyl (C=O) groups excluding carboxylic acids is 1. The van der Waals surface area contributed by atoms with E-state index < -0.39 is 0 Å². The molecule has 37 heavy (non-hydrogen) atoms. The fourth-order valence-electron chi connectivity index (χ4n) is 11.7. The van der Waals surface area contributed by atoms with Crippen molar-refractivity contribution in [3.05, 3.63) is 12.2 Å². The van der Waals surface area contributed by atoms with Crippen molar-refractivity contribution in [2.24, 2.45) is 56.7 Å². The van der Waals surface area contributed by atoms with E-state index in [0.717, 1.165) is 56.2 Å². The Morgan fingerprint density at radius 1 is 0.973 bits per heavy atom. The van der Waals surface area contributed by atoms with Crippen molar-refractivity contribution in [3.63, 3.8) is 0 Å². The van der Waals surface area contributed by atoms with E-state index in [1.54, 1.807) is 0 Å². The molecule has 0 aliphatic heterocycles. The summed E-state index contributed by atoms with van der Waals surface area (Å²) in [5.41, 5.74) is 1.84. The zero-order valence-electron chi connectivity index (χ0n) is 24.0. The van der Waals surface area contributed by atoms with Crippen molar-refractivity contribution < 1.29 is 19.7 Å². The molecule has 0 saturated heterocycles. The molecule has 3 N–H and O–H groups in total. The molecule has 5 rings (SSSR count). The maximum Gasteiger partial charge on any atom is 0.302 e. The number of aliphatic hydroxyl groups is 2. The monoisotopic (exact) mass is 513 g/mol. The molecule has 5 aliphatic carbocycles. The minimum absolute atomic E-state index is 0.0141. The summed E-state index contributed by atoms with van der Waals surface area (Å²) in [6, 6.07) is 0. The molecule has 5 heteroatoms. The maximum atomic E-state index is 11.8. The van der Waals surface area contributed by atoms with Gasteiger partial charge in [0, 0.05) is 24.7 Å². The van der Waals surface area contributed by atoms with E-state index in [-0.39, 0.29) is 46.3 Å². The van der Waals surface area contributed by atoms with Crippen molar-refractivity contribution >= 4 is 11.7 Å². The molecule has 208 valence electrons. The maximum absolute atomic E-state index is 11.8. The average Bonchev–Trinajstić information content (AvgIpc) is 3.25. The van der Waals surface area contributed by atoms with E-state index in [1.807, 2.05) is 0 Å². The highest BCUT2D eigenvalue weighted by atomic mass is 16.5. The van der Waals surface area contributed by atoms with Crippen molar-refractivity contribution in [2.45, 2.75) is 98.8 Å². The zero-order chi connectivity index (χ0) is 27.0. The van der Waals surface area contributed by atoms with Gasteiger partial charge in [-0.2, -0.15) is 0 Å². The van der Waals surface area contributed by atoms with Crippen molar-refractivity contribution in [2.75, 3.05) is 19.8 Å². The number of nitrogens with one attached hydrogen (secondary N) is 1. The molecule has 0 heterocycles. The number of hydrogen-bond donors (Lipinski definition) is 3. The van der Waals surface area contributed by atoms with Crippen LogP contribution in [0.1, 0.15) is 98.8 Å². The van der Waals surface area contributed by atoms with Gasteiger partial charge in [0.25, 0.3) is 0 Å². The molecule has 0 aromatic carbocycles. The van der Waals surface area contributed by atoms with Gasteiger partial charge in [-0.25, -0.2) is 0 Å². The van der Waals surface area contributed by atoms with Gasteiger partial charge in [0.05, 0.1) is 6.61 Å². The zero-order valence-corrected chi connectivity index (χ0v) is 24.0. The van der Waals surface area contributed by atoms with Gasteiger partial charge in [0.15, 0.2) is 0 Å². The van der Waals surface area contributed by atoms with E-state index in [2.05, 4.69) is 34.3 Å². The van der Waals surface area contributed by atoms with E-state index >= 15 is 0 Å². The first kappa shape index (κ1) is 27.4. The molecule has 0 aromatic heterocycles. The van der Waals surface area contributed by atoms with E-state index in [0.29, 0.717) is 36.2 Å². The summed E-state index contributed by atoms with van der Waals surface area (Å²) >= 11 is 0. The van der Waals surface area contributed by atoms with Gasteiger partial charge in [-0.3, -0.25) is 4.79 Å². The second-order valence-corrected chi connectivity index (χ2v) is 14.9. The minimum Gasteiger partial charge on any atom is -0.465 e. The number of carbonyl (C=O) groups is 1. The van der Waals surface area contributed by atoms with Crippen LogP contribution in [0.25, 0.3) is 0 Å². The van der Waals surface area contributed by atoms with Crippen LogP contribution in [0.2, 0.25) is 0 Å². The van der Waals surface area contributed by atoms with Crippen LogP contribution < -0.4 is 0 Å². The first-order chi connectivity index (χ1) is 17.3. The second-order valence-electron chi connectivity index (χ2n) is 14.9. The van der Waals surface area contributed by atoms with Crippen LogP contribution in [0.3, 0.4) is 0 Å². The Bertz CT molecular complexity index is 978. The summed E-state index contributed by atoms with van der Waals surface area (Å²) < 4.78 is 5.60. The topological polar surface area (TPSA) is 90.6 Å². The van der Waals surface area contributed by atoms with Gasteiger partial charge in [0.1, 0.15) is 6.61 Å². The number of fused-ring (bicyclic) bond motifs is 7. The lowest BCUT2D eigenvalue weighted by Gasteiger charge is -2.72. The Morgan fingerprint density at radius 3 is 2.35 bits per heavy atom. The van der Waals surface area contributed by atoms with Gasteiger partial charge >= 0.3 is 5.97 Å². The highest BCUT2D eigenvalue weighted by molar-refractivity contribution is 5.89. The van der Waals surface area contributed by atoms with Crippen LogP contribution in [0.5, 0.6) is 0 Å². The lowest BCUT2D eigenvalue weighted by molar-refractivity contribution is -0.233. The molecule has 10 atom stereocenters. The van der Waals surface area contributed by atoms with Crippen molar-refractivity contribution in [3.8, 4) is 0 Å². The SMILES string of the molecule is C=C(CO)[C@@H]1CC[C@]2(CO)CC[C@]3(C)[C@H](CC[C@@H]4[C@@]5(C)CCC(=N)C(C)(COC(C)=O)[C@@H]5CC[C@]43C)[C@@H]12. The fraction of sp³-hybridized carbons (Fsp3) is 0.875. The lowest BCUT2D eigenvalue weighted by atomic mass is 9.32. The Hall–Kier alpha value is -1.20. The summed E-state index contributed by atoms with van der Waals surface area (Å²) in [5, 5.41) is 29.7. The smallest absolute Gasteiger partial charge is 0.302 e. The van der Waals surface area contributed by atoms with Gasteiger partial charge in [0.2, 0.25) is 0 Å². The van der Waals surface area contributed by atoms with Crippen LogP contribution in [-0.4, -0.2) is 41.7 Å². The van der Waals surface area contributed by atoms with Crippen molar-refractivity contribution in [1.29, 1.82) is 5.41 Å². The van der Waals surface area contributed by atoms with Crippen LogP contribution in [0, 0.1) is 62.1 Å². The van der Waals surface area contributed by atoms with Gasteiger partial charge in [-0.1, -0.05) is 34.3 Å². The normalized spacial score (nSPS) is 50.9. The Kier molecular flexibility index (Phi) is 6.59. The molecular weight excluding hydrogens is 462 g/mol. The lowest BCUT2D eigenvalue weighted by Crippen LogP contribution is -2.67. The second kappa shape index (κ2) is 8.91. The van der Waals surface area contributed by atoms with Crippen LogP contribution >= 0.6 is 0 Å². The Labute approximate surface area is 224 Å². The first-order valence-corrected chi connectivity index (χ1v) is 14.9. The predicted octanol–water partition coefficient (Wildman–Crippen LogP) is 6.17. The van der Waals surface area contributed by atoms with E-state index in [9.17, 15) is 15.0 Å².